The van der Waals surface area contributed by atoms with Crippen molar-refractivity contribution in [2.45, 2.75) is 25.9 Å². The molecule has 1 aliphatic heterocycles. The van der Waals surface area contributed by atoms with Gasteiger partial charge >= 0.3 is 0 Å². The smallest absolute Gasteiger partial charge is 0.278 e. The van der Waals surface area contributed by atoms with Crippen molar-refractivity contribution >= 4 is 17.5 Å². The Balaban J connectivity index is 2.10. The molecule has 0 unspecified atom stereocenters. The molecule has 0 fully saturated rings. The minimum absolute atomic E-state index is 0.430. The van der Waals surface area contributed by atoms with Crippen molar-refractivity contribution in [3.05, 3.63) is 23.8 Å². The maximum atomic E-state index is 12.2. The van der Waals surface area contributed by atoms with Crippen LogP contribution in [-0.2, 0) is 14.3 Å². The summed E-state index contributed by atoms with van der Waals surface area (Å²) >= 11 is 0. The third-order valence-electron chi connectivity index (χ3n) is 3.37. The average molecular weight is 292 g/mol. The van der Waals surface area contributed by atoms with Crippen molar-refractivity contribution in [1.82, 2.24) is 5.32 Å². The number of amides is 2. The molecule has 6 heteroatoms. The number of hydrogen-bond acceptors (Lipinski definition) is 4. The van der Waals surface area contributed by atoms with Gasteiger partial charge in [-0.15, -0.1) is 0 Å². The van der Waals surface area contributed by atoms with E-state index in [-0.39, 0.29) is 0 Å². The van der Waals surface area contributed by atoms with Crippen LogP contribution in [0.5, 0.6) is 5.75 Å². The molecule has 0 saturated carbocycles. The van der Waals surface area contributed by atoms with Gasteiger partial charge in [-0.3, -0.25) is 9.59 Å². The molecule has 6 nitrogen and oxygen atoms in total. The molecular formula is C15H20N2O4. The van der Waals surface area contributed by atoms with Crippen LogP contribution in [0.3, 0.4) is 0 Å². The van der Waals surface area contributed by atoms with Crippen LogP contribution in [-0.4, -0.2) is 37.7 Å². The Morgan fingerprint density at radius 1 is 1.48 bits per heavy atom. The van der Waals surface area contributed by atoms with Crippen molar-refractivity contribution in [1.29, 1.82) is 0 Å². The Labute approximate surface area is 123 Å². The lowest BCUT2D eigenvalue weighted by Crippen LogP contribution is -2.58. The zero-order valence-corrected chi connectivity index (χ0v) is 12.5. The van der Waals surface area contributed by atoms with Crippen molar-refractivity contribution in [2.24, 2.45) is 0 Å². The number of fused-ring (bicyclic) bond motifs is 1. The minimum atomic E-state index is -1.56. The van der Waals surface area contributed by atoms with Gasteiger partial charge in [-0.25, -0.2) is 0 Å². The second-order valence-corrected chi connectivity index (χ2v) is 5.19. The van der Waals surface area contributed by atoms with Crippen molar-refractivity contribution in [3.63, 3.8) is 0 Å². The molecule has 1 aliphatic rings. The van der Waals surface area contributed by atoms with Crippen molar-refractivity contribution in [3.8, 4) is 5.75 Å². The van der Waals surface area contributed by atoms with Gasteiger partial charge in [-0.1, -0.05) is 6.07 Å². The van der Waals surface area contributed by atoms with Gasteiger partial charge in [-0.2, -0.15) is 0 Å². The predicted molar refractivity (Wildman–Crippen MR) is 78.3 cm³/mol. The molecule has 1 aromatic carbocycles. The van der Waals surface area contributed by atoms with E-state index in [0.717, 1.165) is 5.56 Å². The number of aryl methyl sites for hydroxylation is 1. The van der Waals surface area contributed by atoms with E-state index in [0.29, 0.717) is 31.0 Å². The number of methoxy groups -OCH3 is 1. The maximum Gasteiger partial charge on any atom is 0.278 e. The molecule has 2 amide bonds. The molecule has 21 heavy (non-hydrogen) atoms. The molecule has 2 N–H and O–H groups in total. The summed E-state index contributed by atoms with van der Waals surface area (Å²) in [7, 11) is 1.60. The van der Waals surface area contributed by atoms with Crippen LogP contribution in [0, 0.1) is 6.92 Å². The van der Waals surface area contributed by atoms with E-state index in [1.54, 1.807) is 13.2 Å². The molecule has 0 aliphatic carbocycles. The van der Waals surface area contributed by atoms with Crippen LogP contribution < -0.4 is 15.4 Å². The number of rotatable bonds is 5. The number of benzene rings is 1. The lowest BCUT2D eigenvalue weighted by atomic mass is 10.0. The first kappa shape index (κ1) is 15.3. The Hall–Kier alpha value is -2.08. The van der Waals surface area contributed by atoms with Crippen molar-refractivity contribution in [2.75, 3.05) is 25.6 Å². The van der Waals surface area contributed by atoms with Gasteiger partial charge in [0.1, 0.15) is 5.75 Å². The monoisotopic (exact) mass is 292 g/mol. The van der Waals surface area contributed by atoms with E-state index in [2.05, 4.69) is 10.6 Å². The quantitative estimate of drug-likeness (QED) is 0.632. The van der Waals surface area contributed by atoms with Gasteiger partial charge in [0.2, 0.25) is 0 Å². The molecule has 0 bridgehead atoms. The van der Waals surface area contributed by atoms with E-state index < -0.39 is 17.4 Å². The molecule has 1 aromatic rings. The van der Waals surface area contributed by atoms with Crippen LogP contribution in [0.4, 0.5) is 5.69 Å². The first-order valence-corrected chi connectivity index (χ1v) is 6.86. The third-order valence-corrected chi connectivity index (χ3v) is 3.37. The number of anilines is 1. The lowest BCUT2D eigenvalue weighted by molar-refractivity contribution is -0.146. The summed E-state index contributed by atoms with van der Waals surface area (Å²) in [6, 6.07) is 5.43. The largest absolute Gasteiger partial charge is 0.466 e. The summed E-state index contributed by atoms with van der Waals surface area (Å²) in [6.07, 6.45) is 0.676. The summed E-state index contributed by atoms with van der Waals surface area (Å²) in [5, 5.41) is 5.42. The molecular weight excluding hydrogens is 272 g/mol. The summed E-state index contributed by atoms with van der Waals surface area (Å²) in [5.74, 6) is -0.429. The fraction of sp³-hybridized carbons (Fsp3) is 0.467. The number of ether oxygens (including phenoxy) is 2. The SMILES string of the molecule is COCCCNC(=O)[C@]1(C)Oc2ccc(C)cc2NC1=O. The first-order chi connectivity index (χ1) is 9.97. The topological polar surface area (TPSA) is 76.7 Å². The molecule has 1 atom stereocenters. The second kappa shape index (κ2) is 6.13. The number of hydrogen-bond donors (Lipinski definition) is 2. The van der Waals surface area contributed by atoms with E-state index in [1.165, 1.54) is 6.92 Å². The van der Waals surface area contributed by atoms with Gasteiger partial charge < -0.3 is 20.1 Å². The number of nitrogens with one attached hydrogen (secondary N) is 2. The van der Waals surface area contributed by atoms with Crippen LogP contribution in [0.1, 0.15) is 18.9 Å². The van der Waals surface area contributed by atoms with Gasteiger partial charge in [-0.05, 0) is 38.0 Å². The molecule has 2 rings (SSSR count). The fourth-order valence-electron chi connectivity index (χ4n) is 2.07. The summed E-state index contributed by atoms with van der Waals surface area (Å²) in [6.45, 7) is 4.37. The van der Waals surface area contributed by atoms with Crippen LogP contribution >= 0.6 is 0 Å². The zero-order valence-electron chi connectivity index (χ0n) is 12.5. The molecule has 0 spiro atoms. The Bertz CT molecular complexity index is 559. The Morgan fingerprint density at radius 3 is 2.95 bits per heavy atom. The second-order valence-electron chi connectivity index (χ2n) is 5.19. The normalized spacial score (nSPS) is 20.2. The highest BCUT2D eigenvalue weighted by atomic mass is 16.5. The van der Waals surface area contributed by atoms with Gasteiger partial charge in [0, 0.05) is 20.3 Å². The van der Waals surface area contributed by atoms with Crippen LogP contribution in [0.25, 0.3) is 0 Å². The van der Waals surface area contributed by atoms with Gasteiger partial charge in [0.15, 0.2) is 0 Å². The van der Waals surface area contributed by atoms with E-state index in [9.17, 15) is 9.59 Å². The lowest BCUT2D eigenvalue weighted by Gasteiger charge is -2.33. The van der Waals surface area contributed by atoms with Crippen molar-refractivity contribution < 1.29 is 19.1 Å². The molecule has 0 saturated heterocycles. The van der Waals surface area contributed by atoms with Crippen LogP contribution in [0.2, 0.25) is 0 Å². The molecule has 0 aromatic heterocycles. The molecule has 0 radical (unpaired) electrons. The molecule has 114 valence electrons. The number of carbonyl (C=O) groups is 2. The van der Waals surface area contributed by atoms with Gasteiger partial charge in [0.25, 0.3) is 17.4 Å². The van der Waals surface area contributed by atoms with E-state index >= 15 is 0 Å². The minimum Gasteiger partial charge on any atom is -0.466 e. The first-order valence-electron chi connectivity index (χ1n) is 6.86. The highest BCUT2D eigenvalue weighted by Gasteiger charge is 2.47. The highest BCUT2D eigenvalue weighted by Crippen LogP contribution is 2.34. The standard InChI is InChI=1S/C15H20N2O4/c1-10-5-6-12-11(9-10)17-14(19)15(2,21-12)13(18)16-7-4-8-20-3/h5-6,9H,4,7-8H2,1-3H3,(H,16,18)(H,17,19)/t15-/m0/s1. The van der Waals surface area contributed by atoms with Crippen LogP contribution in [0.15, 0.2) is 18.2 Å². The number of carbonyl (C=O) groups excluding carboxylic acids is 2. The summed E-state index contributed by atoms with van der Waals surface area (Å²) in [5.41, 5.74) is 0.0323. The zero-order chi connectivity index (χ0) is 15.5. The summed E-state index contributed by atoms with van der Waals surface area (Å²) < 4.78 is 10.6. The fourth-order valence-corrected chi connectivity index (χ4v) is 2.07. The predicted octanol–water partition coefficient (Wildman–Crippen LogP) is 1.24. The van der Waals surface area contributed by atoms with E-state index in [4.69, 9.17) is 9.47 Å². The third kappa shape index (κ3) is 3.16. The van der Waals surface area contributed by atoms with E-state index in [1.807, 2.05) is 19.1 Å². The molecule has 1 heterocycles. The van der Waals surface area contributed by atoms with Gasteiger partial charge in [0.05, 0.1) is 5.69 Å². The maximum absolute atomic E-state index is 12.2. The summed E-state index contributed by atoms with van der Waals surface area (Å²) in [4.78, 5) is 24.4. The average Bonchev–Trinajstić information content (AvgIpc) is 2.45. The Morgan fingerprint density at radius 2 is 2.24 bits per heavy atom. The highest BCUT2D eigenvalue weighted by molar-refractivity contribution is 6.15. The Kier molecular flexibility index (Phi) is 4.47.